The summed E-state index contributed by atoms with van der Waals surface area (Å²) >= 11 is 0. The molecule has 0 aromatic heterocycles. The summed E-state index contributed by atoms with van der Waals surface area (Å²) in [7, 11) is 2.30. The Morgan fingerprint density at radius 2 is 1.68 bits per heavy atom. The lowest BCUT2D eigenvalue weighted by atomic mass is 9.93. The molecule has 19 heavy (non-hydrogen) atoms. The Balaban J connectivity index is 1.67. The molecule has 1 N–H and O–H groups in total. The summed E-state index contributed by atoms with van der Waals surface area (Å²) < 4.78 is 0. The fourth-order valence-electron chi connectivity index (χ4n) is 4.17. The smallest absolute Gasteiger partial charge is 0.00952 e. The van der Waals surface area contributed by atoms with Crippen LogP contribution in [0.1, 0.15) is 65.7 Å². The van der Waals surface area contributed by atoms with Crippen molar-refractivity contribution < 1.29 is 0 Å². The fourth-order valence-corrected chi connectivity index (χ4v) is 4.17. The van der Waals surface area contributed by atoms with Gasteiger partial charge in [-0.15, -0.1) is 0 Å². The van der Waals surface area contributed by atoms with Crippen LogP contribution >= 0.6 is 0 Å². The van der Waals surface area contributed by atoms with Gasteiger partial charge in [-0.2, -0.15) is 0 Å². The molecule has 2 nitrogen and oxygen atoms in total. The van der Waals surface area contributed by atoms with Crippen LogP contribution in [0.4, 0.5) is 0 Å². The highest BCUT2D eigenvalue weighted by molar-refractivity contribution is 4.86. The van der Waals surface area contributed by atoms with Crippen molar-refractivity contribution in [3.63, 3.8) is 0 Å². The van der Waals surface area contributed by atoms with E-state index in [0.717, 1.165) is 30.0 Å². The maximum atomic E-state index is 3.88. The lowest BCUT2D eigenvalue weighted by Gasteiger charge is -2.25. The molecule has 2 aliphatic heterocycles. The molecule has 2 heterocycles. The van der Waals surface area contributed by atoms with E-state index in [1.54, 1.807) is 0 Å². The summed E-state index contributed by atoms with van der Waals surface area (Å²) in [5, 5.41) is 3.88. The van der Waals surface area contributed by atoms with E-state index >= 15 is 0 Å². The number of likely N-dealkylation sites (tertiary alicyclic amines) is 1. The molecule has 2 heteroatoms. The molecule has 0 amide bonds. The molecular formula is C17H34N2. The quantitative estimate of drug-likeness (QED) is 0.789. The van der Waals surface area contributed by atoms with Crippen molar-refractivity contribution in [2.24, 2.45) is 11.8 Å². The number of rotatable bonds is 6. The summed E-state index contributed by atoms with van der Waals surface area (Å²) in [4.78, 5) is 2.57. The van der Waals surface area contributed by atoms with E-state index in [1.165, 1.54) is 51.5 Å². The molecule has 0 spiro atoms. The van der Waals surface area contributed by atoms with E-state index < -0.39 is 0 Å². The number of nitrogens with one attached hydrogen (secondary N) is 1. The highest BCUT2D eigenvalue weighted by atomic mass is 15.1. The predicted molar refractivity (Wildman–Crippen MR) is 83.5 cm³/mol. The maximum absolute atomic E-state index is 3.88. The zero-order valence-corrected chi connectivity index (χ0v) is 13.5. The van der Waals surface area contributed by atoms with Crippen molar-refractivity contribution >= 4 is 0 Å². The van der Waals surface area contributed by atoms with Crippen LogP contribution in [0.2, 0.25) is 0 Å². The molecule has 0 radical (unpaired) electrons. The van der Waals surface area contributed by atoms with E-state index in [0.29, 0.717) is 0 Å². The van der Waals surface area contributed by atoms with Crippen molar-refractivity contribution in [1.29, 1.82) is 0 Å². The van der Waals surface area contributed by atoms with Gasteiger partial charge in [0, 0.05) is 18.1 Å². The highest BCUT2D eigenvalue weighted by Crippen LogP contribution is 2.27. The van der Waals surface area contributed by atoms with E-state index in [2.05, 4.69) is 38.0 Å². The first-order valence-corrected chi connectivity index (χ1v) is 8.51. The van der Waals surface area contributed by atoms with Gasteiger partial charge in [0.05, 0.1) is 0 Å². The van der Waals surface area contributed by atoms with Crippen LogP contribution in [0.5, 0.6) is 0 Å². The minimum atomic E-state index is 0.797. The Labute approximate surface area is 120 Å². The molecule has 2 aliphatic rings. The van der Waals surface area contributed by atoms with Crippen LogP contribution in [-0.2, 0) is 0 Å². The van der Waals surface area contributed by atoms with Gasteiger partial charge in [-0.3, -0.25) is 0 Å². The number of hydrogen-bond donors (Lipinski definition) is 1. The summed E-state index contributed by atoms with van der Waals surface area (Å²) in [5.41, 5.74) is 0. The second-order valence-electron chi connectivity index (χ2n) is 7.62. The molecule has 4 atom stereocenters. The molecule has 2 rings (SSSR count). The van der Waals surface area contributed by atoms with Crippen molar-refractivity contribution in [2.45, 2.75) is 83.8 Å². The first kappa shape index (κ1) is 15.3. The van der Waals surface area contributed by atoms with Gasteiger partial charge in [-0.1, -0.05) is 20.8 Å². The van der Waals surface area contributed by atoms with Crippen molar-refractivity contribution in [2.75, 3.05) is 13.6 Å². The van der Waals surface area contributed by atoms with Crippen LogP contribution in [0.15, 0.2) is 0 Å². The Morgan fingerprint density at radius 1 is 1.00 bits per heavy atom. The van der Waals surface area contributed by atoms with Gasteiger partial charge in [0.2, 0.25) is 0 Å². The van der Waals surface area contributed by atoms with Gasteiger partial charge in [-0.05, 0) is 70.4 Å². The second kappa shape index (κ2) is 7.08. The Morgan fingerprint density at radius 3 is 2.26 bits per heavy atom. The van der Waals surface area contributed by atoms with E-state index in [4.69, 9.17) is 0 Å². The minimum Gasteiger partial charge on any atom is -0.311 e. The Bertz CT molecular complexity index is 264. The average molecular weight is 266 g/mol. The zero-order valence-electron chi connectivity index (χ0n) is 13.5. The van der Waals surface area contributed by atoms with Crippen LogP contribution < -0.4 is 5.32 Å². The molecule has 0 aromatic rings. The first-order chi connectivity index (χ1) is 9.04. The topological polar surface area (TPSA) is 15.3 Å². The lowest BCUT2D eigenvalue weighted by Crippen LogP contribution is -2.33. The molecule has 112 valence electrons. The van der Waals surface area contributed by atoms with E-state index in [-0.39, 0.29) is 0 Å². The predicted octanol–water partition coefficient (Wildman–Crippen LogP) is 3.66. The van der Waals surface area contributed by atoms with Gasteiger partial charge in [0.1, 0.15) is 0 Å². The average Bonchev–Trinajstić information content (AvgIpc) is 2.89. The third kappa shape index (κ3) is 4.75. The molecule has 0 aliphatic carbocycles. The molecule has 2 saturated heterocycles. The van der Waals surface area contributed by atoms with Gasteiger partial charge >= 0.3 is 0 Å². The summed E-state index contributed by atoms with van der Waals surface area (Å²) in [6.07, 6.45) is 9.79. The van der Waals surface area contributed by atoms with E-state index in [1.807, 2.05) is 0 Å². The molecule has 2 unspecified atom stereocenters. The minimum absolute atomic E-state index is 0.797. The van der Waals surface area contributed by atoms with Crippen LogP contribution in [0.3, 0.4) is 0 Å². The van der Waals surface area contributed by atoms with Crippen molar-refractivity contribution in [1.82, 2.24) is 10.2 Å². The largest absolute Gasteiger partial charge is 0.311 e. The van der Waals surface area contributed by atoms with Crippen molar-refractivity contribution in [3.05, 3.63) is 0 Å². The van der Waals surface area contributed by atoms with Gasteiger partial charge in [0.15, 0.2) is 0 Å². The Hall–Kier alpha value is -0.0800. The van der Waals surface area contributed by atoms with Gasteiger partial charge < -0.3 is 10.2 Å². The standard InChI is InChI=1S/C17H34N2/c1-13(2)10-15-7-8-16(18-15)11-14(3)12-17-6-5-9-19(17)4/h13-18H,5-12H2,1-4H3/t14?,15-,16?,17+/m1/s1. The van der Waals surface area contributed by atoms with Gasteiger partial charge in [-0.25, -0.2) is 0 Å². The van der Waals surface area contributed by atoms with Crippen LogP contribution in [0, 0.1) is 11.8 Å². The SMILES string of the molecule is CC(C)C[C@H]1CCC(CC(C)C[C@@H]2CCCN2C)N1. The van der Waals surface area contributed by atoms with Crippen LogP contribution in [0.25, 0.3) is 0 Å². The maximum Gasteiger partial charge on any atom is 0.00952 e. The molecule has 0 saturated carbocycles. The van der Waals surface area contributed by atoms with Crippen LogP contribution in [-0.4, -0.2) is 36.6 Å². The molecular weight excluding hydrogens is 232 g/mol. The third-order valence-electron chi connectivity index (χ3n) is 5.12. The van der Waals surface area contributed by atoms with Gasteiger partial charge in [0.25, 0.3) is 0 Å². The molecule has 2 fully saturated rings. The summed E-state index contributed by atoms with van der Waals surface area (Å²) in [5.74, 6) is 1.71. The molecule has 0 aromatic carbocycles. The van der Waals surface area contributed by atoms with E-state index in [9.17, 15) is 0 Å². The third-order valence-corrected chi connectivity index (χ3v) is 5.12. The number of hydrogen-bond acceptors (Lipinski definition) is 2. The zero-order chi connectivity index (χ0) is 13.8. The fraction of sp³-hybridized carbons (Fsp3) is 1.00. The molecule has 0 bridgehead atoms. The second-order valence-corrected chi connectivity index (χ2v) is 7.62. The Kier molecular flexibility index (Phi) is 5.70. The highest BCUT2D eigenvalue weighted by Gasteiger charge is 2.28. The lowest BCUT2D eigenvalue weighted by molar-refractivity contribution is 0.253. The summed E-state index contributed by atoms with van der Waals surface area (Å²) in [6.45, 7) is 8.46. The summed E-state index contributed by atoms with van der Waals surface area (Å²) in [6, 6.07) is 2.46. The first-order valence-electron chi connectivity index (χ1n) is 8.51. The number of nitrogens with zero attached hydrogens (tertiary/aromatic N) is 1. The normalized spacial score (nSPS) is 34.3. The monoisotopic (exact) mass is 266 g/mol. The van der Waals surface area contributed by atoms with Crippen molar-refractivity contribution in [3.8, 4) is 0 Å².